The van der Waals surface area contributed by atoms with Crippen molar-refractivity contribution in [2.75, 3.05) is 12.0 Å². The Labute approximate surface area is 212 Å². The lowest BCUT2D eigenvalue weighted by Crippen LogP contribution is -2.68. The maximum Gasteiger partial charge on any atom is 0.331 e. The topological polar surface area (TPSA) is 111 Å². The van der Waals surface area contributed by atoms with Gasteiger partial charge in [-0.3, -0.25) is 5.43 Å². The third-order valence-corrected chi connectivity index (χ3v) is 10.9. The van der Waals surface area contributed by atoms with Crippen LogP contribution in [0.4, 0.5) is 5.69 Å². The number of carbonyl (C=O) groups is 1. The number of hydrogen-bond donors (Lipinski definition) is 4. The average Bonchev–Trinajstić information content (AvgIpc) is 3.40. The van der Waals surface area contributed by atoms with Crippen molar-refractivity contribution in [1.29, 1.82) is 0 Å². The standard InChI is InChI=1S/C29H38N2O5/c1-26-11-8-23-24(29(26,35)14-10-22(26)19-15-25(33)36-17-19)9-13-28(34)16-21(32)7-12-27(23,28)18-30-31-20-5-3-2-4-6-20/h2-6,15,18,21-24,31-32,34-35H,7-14,16-17H2,1H3/b30-18-/t21-,22+,23-,24+,26-,27+,28+,29-/m1/s1. The molecule has 1 aliphatic heterocycles. The highest BCUT2D eigenvalue weighted by Gasteiger charge is 2.71. The van der Waals surface area contributed by atoms with Gasteiger partial charge in [0.1, 0.15) is 6.61 Å². The molecule has 1 heterocycles. The summed E-state index contributed by atoms with van der Waals surface area (Å²) in [4.78, 5) is 11.8. The van der Waals surface area contributed by atoms with Crippen LogP contribution in [0.15, 0.2) is 47.1 Å². The number of nitrogens with zero attached hydrogens (tertiary/aromatic N) is 1. The molecule has 6 rings (SSSR count). The van der Waals surface area contributed by atoms with Crippen molar-refractivity contribution in [1.82, 2.24) is 0 Å². The number of ether oxygens (including phenoxy) is 1. The average molecular weight is 495 g/mol. The summed E-state index contributed by atoms with van der Waals surface area (Å²) in [6.07, 6.45) is 9.15. The van der Waals surface area contributed by atoms with E-state index < -0.39 is 22.7 Å². The molecule has 0 aromatic heterocycles. The molecule has 7 heteroatoms. The Hall–Kier alpha value is -2.22. The van der Waals surface area contributed by atoms with Gasteiger partial charge in [-0.1, -0.05) is 25.1 Å². The SMILES string of the molecule is C[C@]12CC[C@@H]3[C@H](CC[C@]4(O)C[C@H](O)CC[C@]34/C=N\Nc3ccccc3)[C@]1(O)CC[C@H]2C1=CC(=O)OC1. The van der Waals surface area contributed by atoms with Gasteiger partial charge in [-0.25, -0.2) is 4.79 Å². The minimum Gasteiger partial charge on any atom is -0.458 e. The van der Waals surface area contributed by atoms with Crippen LogP contribution in [-0.4, -0.2) is 51.4 Å². The Morgan fingerprint density at radius 1 is 1.03 bits per heavy atom. The molecular weight excluding hydrogens is 456 g/mol. The molecule has 4 aliphatic carbocycles. The molecule has 5 aliphatic rings. The predicted octanol–water partition coefficient (Wildman–Crippen LogP) is 3.80. The van der Waals surface area contributed by atoms with Crippen molar-refractivity contribution in [3.8, 4) is 0 Å². The molecule has 36 heavy (non-hydrogen) atoms. The highest BCUT2D eigenvalue weighted by molar-refractivity contribution is 5.85. The number of aliphatic hydroxyl groups is 3. The summed E-state index contributed by atoms with van der Waals surface area (Å²) in [6, 6.07) is 9.77. The van der Waals surface area contributed by atoms with E-state index >= 15 is 0 Å². The Kier molecular flexibility index (Phi) is 5.63. The van der Waals surface area contributed by atoms with E-state index in [0.717, 1.165) is 36.9 Å². The molecule has 4 saturated carbocycles. The highest BCUT2D eigenvalue weighted by Crippen LogP contribution is 2.70. The Morgan fingerprint density at radius 3 is 2.56 bits per heavy atom. The van der Waals surface area contributed by atoms with Crippen molar-refractivity contribution in [2.24, 2.45) is 33.7 Å². The maximum atomic E-state index is 12.5. The zero-order valence-corrected chi connectivity index (χ0v) is 21.0. The number of para-hydroxylation sites is 1. The number of aliphatic hydroxyl groups excluding tert-OH is 1. The van der Waals surface area contributed by atoms with Gasteiger partial charge in [0.25, 0.3) is 0 Å². The van der Waals surface area contributed by atoms with E-state index in [4.69, 9.17) is 4.74 Å². The second-order valence-corrected chi connectivity index (χ2v) is 12.3. The molecule has 7 nitrogen and oxygen atoms in total. The second kappa shape index (κ2) is 8.40. The molecule has 1 aromatic carbocycles. The quantitative estimate of drug-likeness (QED) is 0.288. The van der Waals surface area contributed by atoms with Gasteiger partial charge in [0, 0.05) is 29.5 Å². The van der Waals surface area contributed by atoms with Crippen molar-refractivity contribution in [3.05, 3.63) is 42.0 Å². The number of benzene rings is 1. The number of esters is 1. The van der Waals surface area contributed by atoms with Crippen LogP contribution >= 0.6 is 0 Å². The summed E-state index contributed by atoms with van der Waals surface area (Å²) >= 11 is 0. The summed E-state index contributed by atoms with van der Waals surface area (Å²) in [6.45, 7) is 2.54. The largest absolute Gasteiger partial charge is 0.458 e. The zero-order valence-electron chi connectivity index (χ0n) is 21.0. The summed E-state index contributed by atoms with van der Waals surface area (Å²) in [5.41, 5.74) is 2.16. The minimum absolute atomic E-state index is 0.0265. The van der Waals surface area contributed by atoms with Gasteiger partial charge in [-0.2, -0.15) is 5.10 Å². The van der Waals surface area contributed by atoms with E-state index in [1.807, 2.05) is 36.5 Å². The predicted molar refractivity (Wildman–Crippen MR) is 136 cm³/mol. The number of rotatable bonds is 4. The normalized spacial score (nSPS) is 46.0. The summed E-state index contributed by atoms with van der Waals surface area (Å²) < 4.78 is 5.24. The smallest absolute Gasteiger partial charge is 0.331 e. The summed E-state index contributed by atoms with van der Waals surface area (Å²) in [7, 11) is 0. The van der Waals surface area contributed by atoms with Crippen LogP contribution in [-0.2, 0) is 9.53 Å². The van der Waals surface area contributed by atoms with Gasteiger partial charge in [0.15, 0.2) is 0 Å². The molecule has 4 N–H and O–H groups in total. The van der Waals surface area contributed by atoms with Crippen molar-refractivity contribution >= 4 is 17.9 Å². The van der Waals surface area contributed by atoms with Crippen LogP contribution in [0, 0.1) is 28.6 Å². The first-order valence-corrected chi connectivity index (χ1v) is 13.6. The first-order valence-electron chi connectivity index (χ1n) is 13.6. The fourth-order valence-electron chi connectivity index (χ4n) is 9.10. The minimum atomic E-state index is -1.05. The van der Waals surface area contributed by atoms with E-state index in [2.05, 4.69) is 17.5 Å². The van der Waals surface area contributed by atoms with Crippen molar-refractivity contribution < 1.29 is 24.9 Å². The third-order valence-electron chi connectivity index (χ3n) is 10.9. The van der Waals surface area contributed by atoms with Crippen LogP contribution in [0.1, 0.15) is 64.7 Å². The molecule has 8 atom stereocenters. The lowest BCUT2D eigenvalue weighted by molar-refractivity contribution is -0.237. The summed E-state index contributed by atoms with van der Waals surface area (Å²) in [5, 5.41) is 39.7. The van der Waals surface area contributed by atoms with Crippen molar-refractivity contribution in [3.63, 3.8) is 0 Å². The number of hydrogen-bond acceptors (Lipinski definition) is 7. The van der Waals surface area contributed by atoms with Gasteiger partial charge < -0.3 is 20.1 Å². The van der Waals surface area contributed by atoms with Gasteiger partial charge >= 0.3 is 5.97 Å². The van der Waals surface area contributed by atoms with Gasteiger partial charge in [0.2, 0.25) is 0 Å². The van der Waals surface area contributed by atoms with Crippen LogP contribution < -0.4 is 5.43 Å². The highest BCUT2D eigenvalue weighted by atomic mass is 16.5. The Bertz CT molecular complexity index is 1090. The molecule has 4 fully saturated rings. The fourth-order valence-corrected chi connectivity index (χ4v) is 9.10. The first-order chi connectivity index (χ1) is 17.2. The van der Waals surface area contributed by atoms with Crippen LogP contribution in [0.3, 0.4) is 0 Å². The Morgan fingerprint density at radius 2 is 1.81 bits per heavy atom. The first kappa shape index (κ1) is 24.1. The van der Waals surface area contributed by atoms with E-state index in [1.54, 1.807) is 6.08 Å². The molecule has 0 amide bonds. The van der Waals surface area contributed by atoms with Gasteiger partial charge in [0.05, 0.1) is 23.0 Å². The molecule has 0 spiro atoms. The lowest BCUT2D eigenvalue weighted by atomic mass is 9.41. The third kappa shape index (κ3) is 3.35. The Balaban J connectivity index is 1.35. The summed E-state index contributed by atoms with van der Waals surface area (Å²) in [5.74, 6) is -0.0496. The number of cyclic esters (lactones) is 1. The number of hydrazone groups is 1. The molecule has 0 bridgehead atoms. The molecule has 1 aromatic rings. The van der Waals surface area contributed by atoms with E-state index in [1.165, 1.54) is 0 Å². The maximum absolute atomic E-state index is 12.5. The van der Waals surface area contributed by atoms with Crippen molar-refractivity contribution in [2.45, 2.75) is 82.0 Å². The molecular formula is C29H38N2O5. The fraction of sp³-hybridized carbons (Fsp3) is 0.655. The monoisotopic (exact) mass is 494 g/mol. The van der Waals surface area contributed by atoms with E-state index in [-0.39, 0.29) is 29.1 Å². The molecule has 0 radical (unpaired) electrons. The number of nitrogens with one attached hydrogen (secondary N) is 1. The molecule has 0 saturated heterocycles. The zero-order chi connectivity index (χ0) is 25.2. The van der Waals surface area contributed by atoms with E-state index in [9.17, 15) is 20.1 Å². The van der Waals surface area contributed by atoms with Crippen LogP contribution in [0.2, 0.25) is 0 Å². The van der Waals surface area contributed by atoms with E-state index in [0.29, 0.717) is 38.7 Å². The van der Waals surface area contributed by atoms with Gasteiger partial charge in [-0.15, -0.1) is 0 Å². The number of fused-ring (bicyclic) bond motifs is 5. The molecule has 194 valence electrons. The van der Waals surface area contributed by atoms with Gasteiger partial charge in [-0.05, 0) is 86.8 Å². The lowest BCUT2D eigenvalue weighted by Gasteiger charge is -2.65. The molecule has 0 unspecified atom stereocenters. The van der Waals surface area contributed by atoms with Crippen LogP contribution in [0.5, 0.6) is 0 Å². The second-order valence-electron chi connectivity index (χ2n) is 12.3. The number of anilines is 1. The van der Waals surface area contributed by atoms with Crippen LogP contribution in [0.25, 0.3) is 0 Å². The number of carbonyl (C=O) groups excluding carboxylic acids is 1.